The first-order chi connectivity index (χ1) is 8.93. The highest BCUT2D eigenvalue weighted by Gasteiger charge is 2.18. The number of rotatable bonds is 7. The van der Waals surface area contributed by atoms with E-state index in [4.69, 9.17) is 16.3 Å². The molecule has 0 atom stereocenters. The van der Waals surface area contributed by atoms with Gasteiger partial charge in [0.05, 0.1) is 0 Å². The van der Waals surface area contributed by atoms with Gasteiger partial charge in [-0.25, -0.2) is 9.97 Å². The zero-order valence-electron chi connectivity index (χ0n) is 12.3. The molecule has 1 N–H and O–H groups in total. The topological polar surface area (TPSA) is 47.0 Å². The van der Waals surface area contributed by atoms with Crippen LogP contribution in [0.2, 0.25) is 5.15 Å². The zero-order chi connectivity index (χ0) is 14.3. The van der Waals surface area contributed by atoms with Crippen LogP contribution in [0.5, 0.6) is 0 Å². The summed E-state index contributed by atoms with van der Waals surface area (Å²) < 4.78 is 5.42. The van der Waals surface area contributed by atoms with Crippen molar-refractivity contribution in [2.24, 2.45) is 0 Å². The summed E-state index contributed by atoms with van der Waals surface area (Å²) in [5.41, 5.74) is -0.106. The van der Waals surface area contributed by atoms with Gasteiger partial charge in [0, 0.05) is 31.2 Å². The highest BCUT2D eigenvalue weighted by Crippen LogP contribution is 2.22. The van der Waals surface area contributed by atoms with Crippen molar-refractivity contribution >= 4 is 17.4 Å². The van der Waals surface area contributed by atoms with Crippen molar-refractivity contribution in [3.8, 4) is 0 Å². The van der Waals surface area contributed by atoms with Crippen molar-refractivity contribution in [3.63, 3.8) is 0 Å². The van der Waals surface area contributed by atoms with E-state index < -0.39 is 0 Å². The van der Waals surface area contributed by atoms with E-state index in [0.29, 0.717) is 5.15 Å². The maximum Gasteiger partial charge on any atom is 0.137 e. The van der Waals surface area contributed by atoms with E-state index >= 15 is 0 Å². The lowest BCUT2D eigenvalue weighted by atomic mass is 9.96. The number of nitrogens with one attached hydrogen (secondary N) is 1. The Morgan fingerprint density at radius 2 is 2.00 bits per heavy atom. The van der Waals surface area contributed by atoms with E-state index in [0.717, 1.165) is 44.2 Å². The summed E-state index contributed by atoms with van der Waals surface area (Å²) in [4.78, 5) is 8.75. The van der Waals surface area contributed by atoms with Crippen molar-refractivity contribution in [3.05, 3.63) is 17.0 Å². The molecule has 1 heterocycles. The minimum atomic E-state index is -0.106. The quantitative estimate of drug-likeness (QED) is 0.613. The fourth-order valence-electron chi connectivity index (χ4n) is 1.48. The number of ether oxygens (including phenoxy) is 1. The molecule has 0 aliphatic carbocycles. The van der Waals surface area contributed by atoms with Crippen LogP contribution in [0.25, 0.3) is 0 Å². The second kappa shape index (κ2) is 7.65. The summed E-state index contributed by atoms with van der Waals surface area (Å²) in [6.45, 7) is 10.7. The number of hydrogen-bond donors (Lipinski definition) is 1. The molecule has 0 unspecified atom stereocenters. The van der Waals surface area contributed by atoms with Crippen molar-refractivity contribution in [2.45, 2.75) is 46.0 Å². The van der Waals surface area contributed by atoms with Crippen LogP contribution in [-0.4, -0.2) is 29.7 Å². The summed E-state index contributed by atoms with van der Waals surface area (Å²) in [7, 11) is 0. The molecule has 0 aromatic carbocycles. The molecule has 5 heteroatoms. The van der Waals surface area contributed by atoms with Gasteiger partial charge in [-0.05, 0) is 12.8 Å². The molecule has 0 fully saturated rings. The Labute approximate surface area is 120 Å². The van der Waals surface area contributed by atoms with Gasteiger partial charge < -0.3 is 10.1 Å². The Balaban J connectivity index is 2.48. The molecule has 0 saturated heterocycles. The van der Waals surface area contributed by atoms with Crippen LogP contribution in [-0.2, 0) is 10.2 Å². The van der Waals surface area contributed by atoms with Crippen LogP contribution in [0.3, 0.4) is 0 Å². The Bertz CT molecular complexity index is 391. The van der Waals surface area contributed by atoms with E-state index in [1.54, 1.807) is 6.07 Å². The van der Waals surface area contributed by atoms with Crippen LogP contribution in [0.1, 0.15) is 46.4 Å². The van der Waals surface area contributed by atoms with E-state index in [1.165, 1.54) is 0 Å². The molecule has 4 nitrogen and oxygen atoms in total. The molecule has 0 aliphatic heterocycles. The van der Waals surface area contributed by atoms with Gasteiger partial charge in [-0.15, -0.1) is 0 Å². The third-order valence-corrected chi connectivity index (χ3v) is 2.68. The lowest BCUT2D eigenvalue weighted by Crippen LogP contribution is -2.17. The van der Waals surface area contributed by atoms with E-state index in [9.17, 15) is 0 Å². The van der Waals surface area contributed by atoms with Gasteiger partial charge in [0.25, 0.3) is 0 Å². The minimum absolute atomic E-state index is 0.106. The van der Waals surface area contributed by atoms with Crippen molar-refractivity contribution in [1.29, 1.82) is 0 Å². The molecule has 0 aliphatic rings. The summed E-state index contributed by atoms with van der Waals surface area (Å²) in [6.07, 6.45) is 2.01. The van der Waals surface area contributed by atoms with Crippen molar-refractivity contribution in [2.75, 3.05) is 25.1 Å². The molecule has 1 aromatic rings. The second-order valence-electron chi connectivity index (χ2n) is 5.54. The zero-order valence-corrected chi connectivity index (χ0v) is 13.0. The van der Waals surface area contributed by atoms with Gasteiger partial charge in [0.15, 0.2) is 0 Å². The third kappa shape index (κ3) is 6.21. The Morgan fingerprint density at radius 1 is 1.26 bits per heavy atom. The molecule has 19 heavy (non-hydrogen) atoms. The maximum absolute atomic E-state index is 6.02. The minimum Gasteiger partial charge on any atom is -0.381 e. The van der Waals surface area contributed by atoms with Crippen LogP contribution >= 0.6 is 11.6 Å². The summed E-state index contributed by atoms with van der Waals surface area (Å²) in [5.74, 6) is 1.53. The number of halogens is 1. The second-order valence-corrected chi connectivity index (χ2v) is 5.93. The Hall–Kier alpha value is -0.870. The van der Waals surface area contributed by atoms with Gasteiger partial charge in [-0.2, -0.15) is 0 Å². The van der Waals surface area contributed by atoms with Gasteiger partial charge in [0.1, 0.15) is 16.8 Å². The predicted molar refractivity (Wildman–Crippen MR) is 80.0 cm³/mol. The van der Waals surface area contributed by atoms with Crippen molar-refractivity contribution in [1.82, 2.24) is 9.97 Å². The Morgan fingerprint density at radius 3 is 2.63 bits per heavy atom. The van der Waals surface area contributed by atoms with E-state index in [-0.39, 0.29) is 5.41 Å². The summed E-state index contributed by atoms with van der Waals surface area (Å²) >= 11 is 6.02. The summed E-state index contributed by atoms with van der Waals surface area (Å²) in [5, 5.41) is 3.74. The molecule has 0 amide bonds. The first kappa shape index (κ1) is 16.2. The lowest BCUT2D eigenvalue weighted by molar-refractivity contribution is 0.134. The average molecular weight is 286 g/mol. The van der Waals surface area contributed by atoms with Gasteiger partial charge in [-0.1, -0.05) is 39.3 Å². The molecule has 0 spiro atoms. The SMILES string of the molecule is CCCOCCCNc1cc(Cl)nc(C(C)(C)C)n1. The standard InChI is InChI=1S/C14H24ClN3O/c1-5-8-19-9-6-7-16-12-10-11(15)17-13(18-12)14(2,3)4/h10H,5-9H2,1-4H3,(H,16,17,18). The highest BCUT2D eigenvalue weighted by atomic mass is 35.5. The average Bonchev–Trinajstić information content (AvgIpc) is 2.32. The van der Waals surface area contributed by atoms with Crippen LogP contribution in [0.4, 0.5) is 5.82 Å². The molecule has 0 saturated carbocycles. The molecular formula is C14H24ClN3O. The number of aromatic nitrogens is 2. The molecule has 1 aromatic heterocycles. The largest absolute Gasteiger partial charge is 0.381 e. The summed E-state index contributed by atoms with van der Waals surface area (Å²) in [6, 6.07) is 1.75. The fourth-order valence-corrected chi connectivity index (χ4v) is 1.66. The van der Waals surface area contributed by atoms with E-state index in [1.807, 2.05) is 0 Å². The molecule has 1 rings (SSSR count). The monoisotopic (exact) mass is 285 g/mol. The predicted octanol–water partition coefficient (Wildman–Crippen LogP) is 3.66. The van der Waals surface area contributed by atoms with Crippen LogP contribution in [0, 0.1) is 0 Å². The first-order valence-electron chi connectivity index (χ1n) is 6.80. The van der Waals surface area contributed by atoms with Crippen LogP contribution < -0.4 is 5.32 Å². The van der Waals surface area contributed by atoms with E-state index in [2.05, 4.69) is 43.0 Å². The maximum atomic E-state index is 6.02. The molecular weight excluding hydrogens is 262 g/mol. The lowest BCUT2D eigenvalue weighted by Gasteiger charge is -2.17. The van der Waals surface area contributed by atoms with Gasteiger partial charge in [-0.3, -0.25) is 0 Å². The first-order valence-corrected chi connectivity index (χ1v) is 7.18. The third-order valence-electron chi connectivity index (χ3n) is 2.49. The molecule has 0 radical (unpaired) electrons. The normalized spacial score (nSPS) is 11.6. The fraction of sp³-hybridized carbons (Fsp3) is 0.714. The highest BCUT2D eigenvalue weighted by molar-refractivity contribution is 6.29. The smallest absolute Gasteiger partial charge is 0.137 e. The molecule has 108 valence electrons. The Kier molecular flexibility index (Phi) is 6.52. The number of anilines is 1. The number of hydrogen-bond acceptors (Lipinski definition) is 4. The van der Waals surface area contributed by atoms with Crippen LogP contribution in [0.15, 0.2) is 6.07 Å². The number of nitrogens with zero attached hydrogens (tertiary/aromatic N) is 2. The molecule has 0 bridgehead atoms. The van der Waals surface area contributed by atoms with Gasteiger partial charge >= 0.3 is 0 Å². The van der Waals surface area contributed by atoms with Gasteiger partial charge in [0.2, 0.25) is 0 Å². The van der Waals surface area contributed by atoms with Crippen molar-refractivity contribution < 1.29 is 4.74 Å².